The molecule has 0 bridgehead atoms. The van der Waals surface area contributed by atoms with Gasteiger partial charge in [-0.05, 0) is 19.3 Å². The molecule has 1 heterocycles. The molecule has 0 aromatic carbocycles. The van der Waals surface area contributed by atoms with Crippen LogP contribution in [0.15, 0.2) is 12.5 Å². The maximum absolute atomic E-state index is 11.8. The first kappa shape index (κ1) is 10.7. The summed E-state index contributed by atoms with van der Waals surface area (Å²) in [5, 5.41) is 11.8. The smallest absolute Gasteiger partial charge is 0.271 e. The highest BCUT2D eigenvalue weighted by molar-refractivity contribution is 5.92. The van der Waals surface area contributed by atoms with Crippen molar-refractivity contribution in [1.82, 2.24) is 14.9 Å². The first-order valence-corrected chi connectivity index (χ1v) is 5.39. The second kappa shape index (κ2) is 4.35. The zero-order chi connectivity index (χ0) is 11.5. The van der Waals surface area contributed by atoms with Gasteiger partial charge in [0, 0.05) is 19.3 Å². The average Bonchev–Trinajstić information content (AvgIpc) is 2.86. The van der Waals surface area contributed by atoms with Crippen LogP contribution >= 0.6 is 0 Å². The molecule has 1 aliphatic carbocycles. The number of carbonyl (C=O) groups is 1. The third kappa shape index (κ3) is 2.06. The molecule has 1 saturated carbocycles. The minimum Gasteiger partial charge on any atom is -0.347 e. The van der Waals surface area contributed by atoms with Gasteiger partial charge in [0.15, 0.2) is 0 Å². The summed E-state index contributed by atoms with van der Waals surface area (Å²) < 4.78 is 1.73. The van der Waals surface area contributed by atoms with Crippen molar-refractivity contribution < 1.29 is 4.79 Å². The molecule has 84 valence electrons. The van der Waals surface area contributed by atoms with Gasteiger partial charge in [-0.2, -0.15) is 5.26 Å². The van der Waals surface area contributed by atoms with Crippen LogP contribution < -0.4 is 5.32 Å². The molecular formula is C11H14N4O. The van der Waals surface area contributed by atoms with Crippen molar-refractivity contribution in [2.45, 2.75) is 25.3 Å². The van der Waals surface area contributed by atoms with Crippen molar-refractivity contribution in [3.63, 3.8) is 0 Å². The van der Waals surface area contributed by atoms with E-state index in [0.717, 1.165) is 19.3 Å². The normalized spacial score (nSPS) is 24.0. The van der Waals surface area contributed by atoms with E-state index in [4.69, 9.17) is 5.26 Å². The number of aromatic nitrogens is 2. The van der Waals surface area contributed by atoms with Crippen molar-refractivity contribution in [2.75, 3.05) is 0 Å². The zero-order valence-electron chi connectivity index (χ0n) is 9.18. The third-order valence-corrected chi connectivity index (χ3v) is 2.94. The molecule has 1 N–H and O–H groups in total. The molecule has 0 aliphatic heterocycles. The fourth-order valence-corrected chi connectivity index (χ4v) is 2.06. The number of aryl methyl sites for hydroxylation is 1. The molecule has 0 spiro atoms. The van der Waals surface area contributed by atoms with Crippen LogP contribution in [0.25, 0.3) is 0 Å². The number of nitriles is 1. The van der Waals surface area contributed by atoms with Crippen LogP contribution in [0.2, 0.25) is 0 Å². The van der Waals surface area contributed by atoms with Crippen molar-refractivity contribution in [2.24, 2.45) is 13.0 Å². The van der Waals surface area contributed by atoms with Crippen LogP contribution in [-0.2, 0) is 7.05 Å². The summed E-state index contributed by atoms with van der Waals surface area (Å²) in [6.07, 6.45) is 6.03. The van der Waals surface area contributed by atoms with Crippen LogP contribution in [0.1, 0.15) is 29.8 Å². The molecule has 0 radical (unpaired) electrons. The number of amides is 1. The summed E-state index contributed by atoms with van der Waals surface area (Å²) in [7, 11) is 1.82. The Kier molecular flexibility index (Phi) is 2.91. The van der Waals surface area contributed by atoms with Gasteiger partial charge in [0.25, 0.3) is 5.91 Å². The molecule has 0 saturated heterocycles. The van der Waals surface area contributed by atoms with Gasteiger partial charge in [-0.25, -0.2) is 4.98 Å². The molecule has 5 nitrogen and oxygen atoms in total. The number of nitrogens with one attached hydrogen (secondary N) is 1. The molecule has 1 aliphatic rings. The van der Waals surface area contributed by atoms with Gasteiger partial charge in [-0.1, -0.05) is 0 Å². The highest BCUT2D eigenvalue weighted by Crippen LogP contribution is 2.24. The Morgan fingerprint density at radius 1 is 1.69 bits per heavy atom. The predicted octanol–water partition coefficient (Wildman–Crippen LogP) is 0.842. The van der Waals surface area contributed by atoms with E-state index in [-0.39, 0.29) is 17.9 Å². The monoisotopic (exact) mass is 218 g/mol. The minimum absolute atomic E-state index is 0.0143. The quantitative estimate of drug-likeness (QED) is 0.799. The SMILES string of the molecule is Cn1cnc(C(=O)NC2CCCC2C#N)c1. The number of hydrogen-bond donors (Lipinski definition) is 1. The molecule has 1 aromatic rings. The molecule has 2 atom stereocenters. The Labute approximate surface area is 94.1 Å². The molecule has 2 unspecified atom stereocenters. The minimum atomic E-state index is -0.187. The van der Waals surface area contributed by atoms with Crippen molar-refractivity contribution in [3.05, 3.63) is 18.2 Å². The Bertz CT molecular complexity index is 431. The van der Waals surface area contributed by atoms with E-state index in [1.165, 1.54) is 0 Å². The highest BCUT2D eigenvalue weighted by Gasteiger charge is 2.28. The topological polar surface area (TPSA) is 70.7 Å². The first-order valence-electron chi connectivity index (χ1n) is 5.39. The molecule has 1 amide bonds. The molecule has 2 rings (SSSR count). The van der Waals surface area contributed by atoms with E-state index in [1.54, 1.807) is 17.1 Å². The van der Waals surface area contributed by atoms with E-state index in [0.29, 0.717) is 5.69 Å². The standard InChI is InChI=1S/C11H14N4O/c1-15-6-10(13-7-15)11(16)14-9-4-2-3-8(9)5-12/h6-9H,2-4H2,1H3,(H,14,16). The lowest BCUT2D eigenvalue weighted by Gasteiger charge is -2.14. The Morgan fingerprint density at radius 2 is 2.50 bits per heavy atom. The number of nitrogens with zero attached hydrogens (tertiary/aromatic N) is 3. The summed E-state index contributed by atoms with van der Waals surface area (Å²) in [5.41, 5.74) is 0.408. The van der Waals surface area contributed by atoms with Crippen molar-refractivity contribution in [3.8, 4) is 6.07 Å². The van der Waals surface area contributed by atoms with Gasteiger partial charge in [0.1, 0.15) is 5.69 Å². The van der Waals surface area contributed by atoms with E-state index < -0.39 is 0 Å². The largest absolute Gasteiger partial charge is 0.347 e. The summed E-state index contributed by atoms with van der Waals surface area (Å²) in [6.45, 7) is 0. The maximum atomic E-state index is 11.8. The number of imidazole rings is 1. The average molecular weight is 218 g/mol. The molecular weight excluding hydrogens is 204 g/mol. The Hall–Kier alpha value is -1.83. The summed E-state index contributed by atoms with van der Waals surface area (Å²) >= 11 is 0. The fraction of sp³-hybridized carbons (Fsp3) is 0.545. The van der Waals surface area contributed by atoms with E-state index >= 15 is 0 Å². The molecule has 16 heavy (non-hydrogen) atoms. The fourth-order valence-electron chi connectivity index (χ4n) is 2.06. The van der Waals surface area contributed by atoms with E-state index in [9.17, 15) is 4.79 Å². The van der Waals surface area contributed by atoms with Gasteiger partial charge in [-0.15, -0.1) is 0 Å². The first-order chi connectivity index (χ1) is 7.70. The van der Waals surface area contributed by atoms with Crippen molar-refractivity contribution in [1.29, 1.82) is 5.26 Å². The van der Waals surface area contributed by atoms with Crippen LogP contribution in [0, 0.1) is 17.2 Å². The lowest BCUT2D eigenvalue weighted by molar-refractivity contribution is 0.0928. The summed E-state index contributed by atoms with van der Waals surface area (Å²) in [5.74, 6) is -0.236. The summed E-state index contributed by atoms with van der Waals surface area (Å²) in [6, 6.07) is 2.22. The number of hydrogen-bond acceptors (Lipinski definition) is 3. The Morgan fingerprint density at radius 3 is 3.12 bits per heavy atom. The summed E-state index contributed by atoms with van der Waals surface area (Å²) in [4.78, 5) is 15.8. The maximum Gasteiger partial charge on any atom is 0.271 e. The molecule has 5 heteroatoms. The third-order valence-electron chi connectivity index (χ3n) is 2.94. The zero-order valence-corrected chi connectivity index (χ0v) is 9.18. The molecule has 1 fully saturated rings. The van der Waals surface area contributed by atoms with Crippen LogP contribution in [0.4, 0.5) is 0 Å². The molecule has 1 aromatic heterocycles. The lowest BCUT2D eigenvalue weighted by atomic mass is 10.1. The number of carbonyl (C=O) groups excluding carboxylic acids is 1. The van der Waals surface area contributed by atoms with Crippen LogP contribution in [0.5, 0.6) is 0 Å². The van der Waals surface area contributed by atoms with Crippen molar-refractivity contribution >= 4 is 5.91 Å². The van der Waals surface area contributed by atoms with Gasteiger partial charge in [0.2, 0.25) is 0 Å². The highest BCUT2D eigenvalue weighted by atomic mass is 16.2. The second-order valence-electron chi connectivity index (χ2n) is 4.17. The van der Waals surface area contributed by atoms with Gasteiger partial charge in [-0.3, -0.25) is 4.79 Å². The lowest BCUT2D eigenvalue weighted by Crippen LogP contribution is -2.37. The predicted molar refractivity (Wildman–Crippen MR) is 57.4 cm³/mol. The van der Waals surface area contributed by atoms with Crippen LogP contribution in [-0.4, -0.2) is 21.5 Å². The van der Waals surface area contributed by atoms with E-state index in [1.807, 2.05) is 7.05 Å². The van der Waals surface area contributed by atoms with Crippen LogP contribution in [0.3, 0.4) is 0 Å². The van der Waals surface area contributed by atoms with Gasteiger partial charge >= 0.3 is 0 Å². The van der Waals surface area contributed by atoms with Gasteiger partial charge < -0.3 is 9.88 Å². The van der Waals surface area contributed by atoms with E-state index in [2.05, 4.69) is 16.4 Å². The Balaban J connectivity index is 2.00. The second-order valence-corrected chi connectivity index (χ2v) is 4.17. The van der Waals surface area contributed by atoms with Gasteiger partial charge in [0.05, 0.1) is 18.3 Å². The number of rotatable bonds is 2.